The maximum atomic E-state index is 11.3. The molecule has 3 saturated heterocycles. The van der Waals surface area contributed by atoms with Gasteiger partial charge in [-0.2, -0.15) is 0 Å². The third-order valence-corrected chi connectivity index (χ3v) is 5.26. The van der Waals surface area contributed by atoms with E-state index < -0.39 is 6.09 Å². The van der Waals surface area contributed by atoms with Crippen LogP contribution in [0.3, 0.4) is 0 Å². The van der Waals surface area contributed by atoms with Gasteiger partial charge < -0.3 is 14.9 Å². The first-order chi connectivity index (χ1) is 8.65. The highest BCUT2D eigenvalue weighted by molar-refractivity contribution is 5.66. The van der Waals surface area contributed by atoms with E-state index in [1.807, 2.05) is 0 Å². The van der Waals surface area contributed by atoms with E-state index in [2.05, 4.69) is 11.8 Å². The molecule has 3 aliphatic rings. The molecule has 0 aromatic rings. The van der Waals surface area contributed by atoms with Gasteiger partial charge in [-0.3, -0.25) is 0 Å². The summed E-state index contributed by atoms with van der Waals surface area (Å²) in [7, 11) is 0. The number of fused-ring (bicyclic) bond motifs is 2. The number of piperidine rings is 2. The van der Waals surface area contributed by atoms with Crippen LogP contribution >= 0.6 is 0 Å². The van der Waals surface area contributed by atoms with Crippen molar-refractivity contribution in [2.75, 3.05) is 13.1 Å². The van der Waals surface area contributed by atoms with E-state index >= 15 is 0 Å². The standard InChI is InChI=1S/C14H24N2O2/c1-10-4-6-15(7-5-10)13-8-11-2-3-12(9-13)16(11)14(17)18/h10-13H,2-9H2,1H3,(H,17,18)/t11-,12+,13?. The lowest BCUT2D eigenvalue weighted by molar-refractivity contribution is 0.0433. The van der Waals surface area contributed by atoms with Crippen molar-refractivity contribution < 1.29 is 9.90 Å². The molecule has 0 saturated carbocycles. The Morgan fingerprint density at radius 1 is 1.00 bits per heavy atom. The van der Waals surface area contributed by atoms with E-state index in [1.165, 1.54) is 25.9 Å². The first-order valence-corrected chi connectivity index (χ1v) is 7.40. The van der Waals surface area contributed by atoms with Gasteiger partial charge in [0.15, 0.2) is 0 Å². The lowest BCUT2D eigenvalue weighted by atomic mass is 9.92. The number of likely N-dealkylation sites (tertiary alicyclic amines) is 1. The molecule has 102 valence electrons. The zero-order valence-corrected chi connectivity index (χ0v) is 11.2. The van der Waals surface area contributed by atoms with Crippen molar-refractivity contribution in [1.82, 2.24) is 9.80 Å². The third kappa shape index (κ3) is 2.11. The lowest BCUT2D eigenvalue weighted by Crippen LogP contribution is -2.53. The monoisotopic (exact) mass is 252 g/mol. The second-order valence-electron chi connectivity index (χ2n) is 6.42. The van der Waals surface area contributed by atoms with E-state index in [4.69, 9.17) is 0 Å². The summed E-state index contributed by atoms with van der Waals surface area (Å²) in [5.41, 5.74) is 0. The smallest absolute Gasteiger partial charge is 0.407 e. The molecule has 0 radical (unpaired) electrons. The molecule has 18 heavy (non-hydrogen) atoms. The predicted octanol–water partition coefficient (Wildman–Crippen LogP) is 2.39. The van der Waals surface area contributed by atoms with Crippen LogP contribution < -0.4 is 0 Å². The molecule has 0 aliphatic carbocycles. The number of hydrogen-bond acceptors (Lipinski definition) is 2. The Bertz CT molecular complexity index is 312. The molecule has 0 aromatic carbocycles. The molecular formula is C14H24N2O2. The van der Waals surface area contributed by atoms with Gasteiger partial charge in [-0.15, -0.1) is 0 Å². The van der Waals surface area contributed by atoms with E-state index in [1.54, 1.807) is 4.90 Å². The van der Waals surface area contributed by atoms with Gasteiger partial charge in [-0.25, -0.2) is 4.79 Å². The van der Waals surface area contributed by atoms with Gasteiger partial charge in [0.05, 0.1) is 0 Å². The van der Waals surface area contributed by atoms with Crippen LogP contribution in [0.25, 0.3) is 0 Å². The zero-order chi connectivity index (χ0) is 12.7. The first kappa shape index (κ1) is 12.3. The van der Waals surface area contributed by atoms with E-state index in [0.29, 0.717) is 18.1 Å². The summed E-state index contributed by atoms with van der Waals surface area (Å²) in [6, 6.07) is 1.24. The normalized spacial score (nSPS) is 38.1. The van der Waals surface area contributed by atoms with Crippen LogP contribution in [0.2, 0.25) is 0 Å². The minimum atomic E-state index is -0.701. The number of nitrogens with zero attached hydrogens (tertiary/aromatic N) is 2. The number of hydrogen-bond donors (Lipinski definition) is 1. The first-order valence-electron chi connectivity index (χ1n) is 7.40. The van der Waals surface area contributed by atoms with Crippen LogP contribution in [-0.2, 0) is 0 Å². The van der Waals surface area contributed by atoms with E-state index in [-0.39, 0.29) is 0 Å². The number of rotatable bonds is 1. The number of carbonyl (C=O) groups is 1. The van der Waals surface area contributed by atoms with Crippen molar-refractivity contribution in [1.29, 1.82) is 0 Å². The Balaban J connectivity index is 1.63. The number of carboxylic acid groups (broad SMARTS) is 1. The summed E-state index contributed by atoms with van der Waals surface area (Å²) >= 11 is 0. The van der Waals surface area contributed by atoms with Crippen molar-refractivity contribution in [2.45, 2.75) is 63.6 Å². The molecule has 3 rings (SSSR count). The van der Waals surface area contributed by atoms with E-state index in [9.17, 15) is 9.90 Å². The molecule has 1 unspecified atom stereocenters. The molecule has 2 bridgehead atoms. The van der Waals surface area contributed by atoms with Crippen molar-refractivity contribution >= 4 is 6.09 Å². The molecule has 1 amide bonds. The van der Waals surface area contributed by atoms with Crippen molar-refractivity contribution in [3.05, 3.63) is 0 Å². The second-order valence-corrected chi connectivity index (χ2v) is 6.42. The molecule has 3 atom stereocenters. The highest BCUT2D eigenvalue weighted by Crippen LogP contribution is 2.38. The summed E-state index contributed by atoms with van der Waals surface area (Å²) in [5, 5.41) is 9.26. The molecule has 4 nitrogen and oxygen atoms in total. The van der Waals surface area contributed by atoms with Gasteiger partial charge >= 0.3 is 6.09 Å². The molecule has 0 aromatic heterocycles. The maximum Gasteiger partial charge on any atom is 0.407 e. The molecule has 0 spiro atoms. The molecule has 4 heteroatoms. The van der Waals surface area contributed by atoms with Crippen LogP contribution in [-0.4, -0.2) is 52.2 Å². The van der Waals surface area contributed by atoms with Gasteiger partial charge in [0, 0.05) is 18.1 Å². The van der Waals surface area contributed by atoms with Crippen molar-refractivity contribution in [2.24, 2.45) is 5.92 Å². The molecule has 3 fully saturated rings. The quantitative estimate of drug-likeness (QED) is 0.779. The summed E-state index contributed by atoms with van der Waals surface area (Å²) in [6.45, 7) is 4.78. The van der Waals surface area contributed by atoms with Gasteiger partial charge in [-0.05, 0) is 57.5 Å². The van der Waals surface area contributed by atoms with Crippen LogP contribution in [0, 0.1) is 5.92 Å². The Labute approximate surface area is 109 Å². The predicted molar refractivity (Wildman–Crippen MR) is 69.7 cm³/mol. The minimum Gasteiger partial charge on any atom is -0.465 e. The fourth-order valence-electron chi connectivity index (χ4n) is 4.15. The topological polar surface area (TPSA) is 43.8 Å². The minimum absolute atomic E-state index is 0.297. The maximum absolute atomic E-state index is 11.3. The fourth-order valence-corrected chi connectivity index (χ4v) is 4.15. The largest absolute Gasteiger partial charge is 0.465 e. The number of amides is 1. The average molecular weight is 252 g/mol. The summed E-state index contributed by atoms with van der Waals surface area (Å²) in [6.07, 6.45) is 6.22. The van der Waals surface area contributed by atoms with Crippen LogP contribution in [0.5, 0.6) is 0 Å². The Morgan fingerprint density at radius 3 is 2.06 bits per heavy atom. The van der Waals surface area contributed by atoms with E-state index in [0.717, 1.165) is 31.6 Å². The second kappa shape index (κ2) is 4.72. The Kier molecular flexibility index (Phi) is 3.22. The average Bonchev–Trinajstić information content (AvgIpc) is 2.62. The fraction of sp³-hybridized carbons (Fsp3) is 0.929. The molecular weight excluding hydrogens is 228 g/mol. The summed E-state index contributed by atoms with van der Waals surface area (Å²) in [5.74, 6) is 0.872. The highest BCUT2D eigenvalue weighted by Gasteiger charge is 2.44. The van der Waals surface area contributed by atoms with Crippen LogP contribution in [0.1, 0.15) is 45.4 Å². The lowest BCUT2D eigenvalue weighted by Gasteiger charge is -2.44. The Morgan fingerprint density at radius 2 is 1.56 bits per heavy atom. The van der Waals surface area contributed by atoms with Gasteiger partial charge in [0.1, 0.15) is 0 Å². The van der Waals surface area contributed by atoms with Gasteiger partial charge in [-0.1, -0.05) is 6.92 Å². The molecule has 1 N–H and O–H groups in total. The summed E-state index contributed by atoms with van der Waals surface area (Å²) in [4.78, 5) is 15.6. The SMILES string of the molecule is CC1CCN(C2C[C@H]3CC[C@@H](C2)N3C(=O)O)CC1. The van der Waals surface area contributed by atoms with Crippen LogP contribution in [0.4, 0.5) is 4.79 Å². The third-order valence-electron chi connectivity index (χ3n) is 5.26. The van der Waals surface area contributed by atoms with Crippen molar-refractivity contribution in [3.8, 4) is 0 Å². The zero-order valence-electron chi connectivity index (χ0n) is 11.2. The van der Waals surface area contributed by atoms with Crippen LogP contribution in [0.15, 0.2) is 0 Å². The highest BCUT2D eigenvalue weighted by atomic mass is 16.4. The van der Waals surface area contributed by atoms with Crippen molar-refractivity contribution in [3.63, 3.8) is 0 Å². The van der Waals surface area contributed by atoms with Gasteiger partial charge in [0.25, 0.3) is 0 Å². The summed E-state index contributed by atoms with van der Waals surface area (Å²) < 4.78 is 0. The molecule has 3 heterocycles. The Hall–Kier alpha value is -0.770. The molecule has 3 aliphatic heterocycles. The van der Waals surface area contributed by atoms with Gasteiger partial charge in [0.2, 0.25) is 0 Å².